The summed E-state index contributed by atoms with van der Waals surface area (Å²) in [5, 5.41) is 4.44. The average Bonchev–Trinajstić information content (AvgIpc) is 3.23. The normalized spacial score (nSPS) is 11.1. The zero-order chi connectivity index (χ0) is 24.8. The largest absolute Gasteiger partial charge is 0.383 e. The van der Waals surface area contributed by atoms with Gasteiger partial charge in [-0.2, -0.15) is 4.98 Å². The van der Waals surface area contributed by atoms with Crippen LogP contribution in [0, 0.1) is 6.92 Å². The Bertz CT molecular complexity index is 1440. The number of anilines is 2. The second-order valence-electron chi connectivity index (χ2n) is 6.85. The van der Waals surface area contributed by atoms with E-state index in [1.54, 1.807) is 43.4 Å². The fraction of sp³-hybridized carbons (Fsp3) is 0.130. The highest BCUT2D eigenvalue weighted by Gasteiger charge is 2.15. The van der Waals surface area contributed by atoms with Gasteiger partial charge in [0.15, 0.2) is 5.82 Å². The highest BCUT2D eigenvalue weighted by Crippen LogP contribution is 2.26. The molecular formula is C23H23ClN8O2. The van der Waals surface area contributed by atoms with Crippen molar-refractivity contribution in [2.75, 3.05) is 11.5 Å². The lowest BCUT2D eigenvalue weighted by Gasteiger charge is -2.13. The van der Waals surface area contributed by atoms with E-state index in [1.807, 2.05) is 6.92 Å². The SMILES string of the molecule is C=C/C=C(\C=C)n1c(CC)nc2cccc(Cl)c2c1=O.Cc1noc(-c2c(N)ncnc2N)n1. The number of hydrogen-bond donors (Lipinski definition) is 2. The van der Waals surface area contributed by atoms with E-state index < -0.39 is 0 Å². The van der Waals surface area contributed by atoms with Gasteiger partial charge in [-0.15, -0.1) is 0 Å². The first-order valence-electron chi connectivity index (χ1n) is 10.1. The molecule has 10 nitrogen and oxygen atoms in total. The summed E-state index contributed by atoms with van der Waals surface area (Å²) < 4.78 is 6.44. The van der Waals surface area contributed by atoms with Crippen LogP contribution in [-0.2, 0) is 6.42 Å². The van der Waals surface area contributed by atoms with Crippen LogP contribution in [0.25, 0.3) is 28.1 Å². The minimum absolute atomic E-state index is 0.189. The molecule has 0 atom stereocenters. The predicted octanol–water partition coefficient (Wildman–Crippen LogP) is 3.82. The fourth-order valence-electron chi connectivity index (χ4n) is 3.13. The second kappa shape index (κ2) is 10.5. The number of aromatic nitrogens is 6. The molecule has 1 aromatic carbocycles. The summed E-state index contributed by atoms with van der Waals surface area (Å²) in [6, 6.07) is 5.26. The summed E-state index contributed by atoms with van der Waals surface area (Å²) in [5.74, 6) is 1.85. The van der Waals surface area contributed by atoms with Crippen LogP contribution in [0.1, 0.15) is 18.6 Å². The minimum atomic E-state index is -0.189. The maximum atomic E-state index is 12.7. The van der Waals surface area contributed by atoms with Gasteiger partial charge in [0.1, 0.15) is 29.4 Å². The lowest BCUT2D eigenvalue weighted by atomic mass is 10.2. The number of allylic oxidation sites excluding steroid dienone is 4. The van der Waals surface area contributed by atoms with Crippen molar-refractivity contribution < 1.29 is 4.52 Å². The van der Waals surface area contributed by atoms with Crippen molar-refractivity contribution in [1.29, 1.82) is 0 Å². The number of benzene rings is 1. The number of halogens is 1. The Hall–Kier alpha value is -4.31. The van der Waals surface area contributed by atoms with Crippen molar-refractivity contribution in [3.8, 4) is 11.5 Å². The summed E-state index contributed by atoms with van der Waals surface area (Å²) in [6.07, 6.45) is 6.83. The first kappa shape index (κ1) is 24.3. The van der Waals surface area contributed by atoms with E-state index in [4.69, 9.17) is 27.6 Å². The van der Waals surface area contributed by atoms with E-state index in [-0.39, 0.29) is 23.1 Å². The van der Waals surface area contributed by atoms with Crippen LogP contribution in [0.15, 0.2) is 65.2 Å². The molecule has 0 aliphatic heterocycles. The summed E-state index contributed by atoms with van der Waals surface area (Å²) in [4.78, 5) is 28.8. The summed E-state index contributed by atoms with van der Waals surface area (Å²) >= 11 is 6.14. The fourth-order valence-corrected chi connectivity index (χ4v) is 3.38. The van der Waals surface area contributed by atoms with Crippen LogP contribution >= 0.6 is 11.6 Å². The van der Waals surface area contributed by atoms with Gasteiger partial charge in [0.2, 0.25) is 0 Å². The molecule has 4 rings (SSSR count). The zero-order valence-electron chi connectivity index (χ0n) is 18.7. The number of nitrogen functional groups attached to an aromatic ring is 2. The van der Waals surface area contributed by atoms with E-state index in [0.29, 0.717) is 45.3 Å². The highest BCUT2D eigenvalue weighted by molar-refractivity contribution is 6.35. The molecule has 11 heteroatoms. The van der Waals surface area contributed by atoms with Gasteiger partial charge >= 0.3 is 0 Å². The molecule has 0 fully saturated rings. The van der Waals surface area contributed by atoms with Crippen molar-refractivity contribution in [2.24, 2.45) is 0 Å². The van der Waals surface area contributed by atoms with Crippen molar-refractivity contribution in [3.05, 3.63) is 82.9 Å². The lowest BCUT2D eigenvalue weighted by Crippen LogP contribution is -2.24. The average molecular weight is 479 g/mol. The Morgan fingerprint density at radius 2 is 1.91 bits per heavy atom. The van der Waals surface area contributed by atoms with Gasteiger partial charge in [0.25, 0.3) is 11.4 Å². The van der Waals surface area contributed by atoms with Crippen LogP contribution in [0.4, 0.5) is 11.6 Å². The molecule has 0 saturated heterocycles. The molecule has 0 saturated carbocycles. The molecule has 4 N–H and O–H groups in total. The molecule has 0 radical (unpaired) electrons. The van der Waals surface area contributed by atoms with E-state index >= 15 is 0 Å². The Labute approximate surface area is 200 Å². The predicted molar refractivity (Wildman–Crippen MR) is 134 cm³/mol. The quantitative estimate of drug-likeness (QED) is 0.407. The van der Waals surface area contributed by atoms with Gasteiger partial charge < -0.3 is 16.0 Å². The topological polar surface area (TPSA) is 152 Å². The van der Waals surface area contributed by atoms with Gasteiger partial charge in [0, 0.05) is 12.1 Å². The number of rotatable bonds is 5. The summed E-state index contributed by atoms with van der Waals surface area (Å²) in [6.45, 7) is 11.0. The van der Waals surface area contributed by atoms with Gasteiger partial charge in [0.05, 0.1) is 15.9 Å². The van der Waals surface area contributed by atoms with Crippen molar-refractivity contribution >= 4 is 39.8 Å². The van der Waals surface area contributed by atoms with Crippen molar-refractivity contribution in [1.82, 2.24) is 29.7 Å². The maximum absolute atomic E-state index is 12.7. The Kier molecular flexibility index (Phi) is 7.54. The smallest absolute Gasteiger partial charge is 0.267 e. The summed E-state index contributed by atoms with van der Waals surface area (Å²) in [7, 11) is 0. The molecule has 174 valence electrons. The Morgan fingerprint density at radius 3 is 2.47 bits per heavy atom. The van der Waals surface area contributed by atoms with Crippen LogP contribution in [-0.4, -0.2) is 29.7 Å². The van der Waals surface area contributed by atoms with Crippen LogP contribution in [0.2, 0.25) is 5.02 Å². The molecule has 0 amide bonds. The number of hydrogen-bond acceptors (Lipinski definition) is 9. The molecule has 34 heavy (non-hydrogen) atoms. The first-order valence-corrected chi connectivity index (χ1v) is 10.5. The number of nitrogens with two attached hydrogens (primary N) is 2. The van der Waals surface area contributed by atoms with Crippen molar-refractivity contribution in [3.63, 3.8) is 0 Å². The van der Waals surface area contributed by atoms with Crippen LogP contribution in [0.3, 0.4) is 0 Å². The molecule has 0 aliphatic rings. The van der Waals surface area contributed by atoms with Crippen LogP contribution in [0.5, 0.6) is 0 Å². The zero-order valence-corrected chi connectivity index (χ0v) is 19.5. The summed E-state index contributed by atoms with van der Waals surface area (Å²) in [5.41, 5.74) is 12.6. The van der Waals surface area contributed by atoms with Gasteiger partial charge in [-0.3, -0.25) is 9.36 Å². The van der Waals surface area contributed by atoms with E-state index in [2.05, 4.69) is 38.3 Å². The second-order valence-corrected chi connectivity index (χ2v) is 7.26. The molecule has 0 spiro atoms. The molecule has 0 aliphatic carbocycles. The monoisotopic (exact) mass is 478 g/mol. The maximum Gasteiger partial charge on any atom is 0.267 e. The Balaban J connectivity index is 0.000000202. The third kappa shape index (κ3) is 4.86. The third-order valence-electron chi connectivity index (χ3n) is 4.64. The van der Waals surface area contributed by atoms with E-state index in [1.165, 1.54) is 10.9 Å². The first-order chi connectivity index (χ1) is 16.3. The number of fused-ring (bicyclic) bond motifs is 1. The molecule has 3 heterocycles. The standard InChI is InChI=1S/C16H15ClN2O.C7H8N6O/c1-4-8-11(5-2)19-14(6-3)18-13-10-7-9-12(17)15(13)16(19)20;1-3-12-7(14-13-3)4-5(8)10-2-11-6(4)9/h4-5,7-10H,1-2,6H2,3H3;2H,1H3,(H4,8,9,10,11)/b11-8+;. The highest BCUT2D eigenvalue weighted by atomic mass is 35.5. The molecule has 4 aromatic rings. The molecule has 3 aromatic heterocycles. The minimum Gasteiger partial charge on any atom is -0.383 e. The van der Waals surface area contributed by atoms with Gasteiger partial charge in [-0.1, -0.05) is 49.0 Å². The van der Waals surface area contributed by atoms with Crippen molar-refractivity contribution in [2.45, 2.75) is 20.3 Å². The van der Waals surface area contributed by atoms with Gasteiger partial charge in [-0.25, -0.2) is 15.0 Å². The van der Waals surface area contributed by atoms with E-state index in [0.717, 1.165) is 0 Å². The molecule has 0 unspecified atom stereocenters. The Morgan fingerprint density at radius 1 is 1.21 bits per heavy atom. The van der Waals surface area contributed by atoms with Gasteiger partial charge in [-0.05, 0) is 31.2 Å². The van der Waals surface area contributed by atoms with E-state index in [9.17, 15) is 4.79 Å². The van der Waals surface area contributed by atoms with Crippen LogP contribution < -0.4 is 17.0 Å². The molecule has 0 bridgehead atoms. The lowest BCUT2D eigenvalue weighted by molar-refractivity contribution is 0.425. The number of aryl methyl sites for hydroxylation is 2. The molecular weight excluding hydrogens is 456 g/mol. The third-order valence-corrected chi connectivity index (χ3v) is 4.95. The number of nitrogens with zero attached hydrogens (tertiary/aromatic N) is 6.